The summed E-state index contributed by atoms with van der Waals surface area (Å²) in [6.07, 6.45) is 4.19. The number of amides is 2. The third kappa shape index (κ3) is 5.72. The molecule has 3 aliphatic rings. The van der Waals surface area contributed by atoms with Gasteiger partial charge in [0, 0.05) is 42.8 Å². The van der Waals surface area contributed by atoms with Crippen molar-refractivity contribution >= 4 is 23.4 Å². The molecule has 9 heteroatoms. The van der Waals surface area contributed by atoms with E-state index in [2.05, 4.69) is 5.16 Å². The molecule has 0 N–H and O–H groups in total. The third-order valence-electron chi connectivity index (χ3n) is 8.08. The zero-order chi connectivity index (χ0) is 27.0. The van der Waals surface area contributed by atoms with Crippen LogP contribution >= 0.6 is 11.6 Å². The molecule has 1 aromatic heterocycles. The Labute approximate surface area is 231 Å². The van der Waals surface area contributed by atoms with E-state index < -0.39 is 5.41 Å². The number of hydrogen-bond acceptors (Lipinski definition) is 5. The SMILES string of the molecule is O=C(c1cc(-c2ccc(F)cc2)no1)N1CCC[C@@]2(C[C@H](OCc3ccc(Cl)cc3)CN(CC3CC3)C2=O)C1. The van der Waals surface area contributed by atoms with Gasteiger partial charge in [0.05, 0.1) is 18.1 Å². The molecule has 0 radical (unpaired) electrons. The smallest absolute Gasteiger partial charge is 0.292 e. The minimum absolute atomic E-state index is 0.111. The van der Waals surface area contributed by atoms with Gasteiger partial charge in [-0.1, -0.05) is 28.9 Å². The first-order valence-corrected chi connectivity index (χ1v) is 13.9. The van der Waals surface area contributed by atoms with Crippen LogP contribution in [0.3, 0.4) is 0 Å². The van der Waals surface area contributed by atoms with Gasteiger partial charge in [0.25, 0.3) is 5.91 Å². The molecule has 3 aromatic rings. The maximum absolute atomic E-state index is 13.9. The van der Waals surface area contributed by atoms with E-state index in [1.807, 2.05) is 29.2 Å². The highest BCUT2D eigenvalue weighted by Crippen LogP contribution is 2.42. The van der Waals surface area contributed by atoms with E-state index >= 15 is 0 Å². The van der Waals surface area contributed by atoms with Crippen molar-refractivity contribution in [3.05, 3.63) is 76.8 Å². The Hall–Kier alpha value is -3.23. The van der Waals surface area contributed by atoms with Gasteiger partial charge in [-0.25, -0.2) is 4.39 Å². The summed E-state index contributed by atoms with van der Waals surface area (Å²) in [5.41, 5.74) is 1.46. The molecule has 204 valence electrons. The second-order valence-corrected chi connectivity index (χ2v) is 11.5. The molecule has 3 heterocycles. The molecular formula is C30H31ClFN3O4. The fraction of sp³-hybridized carbons (Fsp3) is 0.433. The number of aromatic nitrogens is 1. The van der Waals surface area contributed by atoms with E-state index in [-0.39, 0.29) is 29.5 Å². The summed E-state index contributed by atoms with van der Waals surface area (Å²) in [7, 11) is 0. The molecule has 1 aliphatic carbocycles. The minimum atomic E-state index is -0.689. The fourth-order valence-electron chi connectivity index (χ4n) is 5.86. The molecule has 7 nitrogen and oxygen atoms in total. The molecule has 0 bridgehead atoms. The van der Waals surface area contributed by atoms with Gasteiger partial charge in [-0.05, 0) is 80.0 Å². The lowest BCUT2D eigenvalue weighted by molar-refractivity contribution is -0.160. The zero-order valence-corrected chi connectivity index (χ0v) is 22.4. The number of benzene rings is 2. The van der Waals surface area contributed by atoms with Crippen molar-refractivity contribution in [2.24, 2.45) is 11.3 Å². The lowest BCUT2D eigenvalue weighted by Crippen LogP contribution is -2.61. The Morgan fingerprint density at radius 1 is 1.15 bits per heavy atom. The third-order valence-corrected chi connectivity index (χ3v) is 8.33. The number of carbonyl (C=O) groups is 2. The Bertz CT molecular complexity index is 1340. The standard InChI is InChI=1S/C30H31ClFN3O4/c31-23-8-4-21(5-9-23)18-38-25-15-30(29(37)35(17-25)16-20-2-3-20)12-1-13-34(19-30)28(36)27-14-26(33-39-27)22-6-10-24(32)11-7-22/h4-11,14,20,25H,1-3,12-13,15-19H2/t25-,30+/m0/s1. The van der Waals surface area contributed by atoms with Gasteiger partial charge in [-0.2, -0.15) is 0 Å². The van der Waals surface area contributed by atoms with Crippen molar-refractivity contribution < 1.29 is 23.2 Å². The quantitative estimate of drug-likeness (QED) is 0.383. The van der Waals surface area contributed by atoms with Crippen molar-refractivity contribution in [3.8, 4) is 11.3 Å². The first kappa shape index (κ1) is 26.0. The summed E-state index contributed by atoms with van der Waals surface area (Å²) >= 11 is 6.03. The molecule has 2 atom stereocenters. The molecule has 0 unspecified atom stereocenters. The Kier molecular flexibility index (Phi) is 7.16. The Morgan fingerprint density at radius 2 is 1.92 bits per heavy atom. The van der Waals surface area contributed by atoms with Crippen molar-refractivity contribution in [1.29, 1.82) is 0 Å². The van der Waals surface area contributed by atoms with E-state index in [0.717, 1.165) is 37.8 Å². The monoisotopic (exact) mass is 551 g/mol. The number of halogens is 2. The molecule has 3 fully saturated rings. The van der Waals surface area contributed by atoms with E-state index in [1.54, 1.807) is 23.1 Å². The van der Waals surface area contributed by atoms with Crippen molar-refractivity contribution in [2.45, 2.75) is 44.8 Å². The van der Waals surface area contributed by atoms with Crippen LogP contribution in [0.1, 0.15) is 48.2 Å². The van der Waals surface area contributed by atoms with Crippen LogP contribution in [0.5, 0.6) is 0 Å². The van der Waals surface area contributed by atoms with E-state index in [4.69, 9.17) is 20.9 Å². The highest BCUT2D eigenvalue weighted by atomic mass is 35.5. The van der Waals surface area contributed by atoms with Gasteiger partial charge in [0.1, 0.15) is 11.5 Å². The zero-order valence-electron chi connectivity index (χ0n) is 21.7. The number of hydrogen-bond donors (Lipinski definition) is 0. The highest BCUT2D eigenvalue weighted by Gasteiger charge is 2.51. The van der Waals surface area contributed by atoms with Gasteiger partial charge in [-0.3, -0.25) is 9.59 Å². The summed E-state index contributed by atoms with van der Waals surface area (Å²) in [5.74, 6) is 0.158. The second kappa shape index (κ2) is 10.7. The first-order valence-electron chi connectivity index (χ1n) is 13.6. The highest BCUT2D eigenvalue weighted by molar-refractivity contribution is 6.30. The van der Waals surface area contributed by atoms with Crippen LogP contribution < -0.4 is 0 Å². The maximum atomic E-state index is 13.9. The van der Waals surface area contributed by atoms with Gasteiger partial charge in [0.15, 0.2) is 0 Å². The lowest BCUT2D eigenvalue weighted by atomic mass is 9.72. The summed E-state index contributed by atoms with van der Waals surface area (Å²) in [4.78, 5) is 31.1. The molecule has 2 aliphatic heterocycles. The maximum Gasteiger partial charge on any atom is 0.292 e. The van der Waals surface area contributed by atoms with Crippen LogP contribution in [0.2, 0.25) is 5.02 Å². The molecule has 1 spiro atoms. The van der Waals surface area contributed by atoms with E-state index in [0.29, 0.717) is 54.9 Å². The normalized spacial score (nSPS) is 23.4. The number of likely N-dealkylation sites (tertiary alicyclic amines) is 2. The number of rotatable bonds is 7. The van der Waals surface area contributed by atoms with Crippen LogP contribution in [0.15, 0.2) is 59.1 Å². The molecule has 2 aromatic carbocycles. The molecule has 39 heavy (non-hydrogen) atoms. The predicted molar refractivity (Wildman–Crippen MR) is 143 cm³/mol. The van der Waals surface area contributed by atoms with Gasteiger partial charge < -0.3 is 19.1 Å². The molecule has 2 saturated heterocycles. The van der Waals surface area contributed by atoms with Crippen LogP contribution in [0.25, 0.3) is 11.3 Å². The number of ether oxygens (including phenoxy) is 1. The van der Waals surface area contributed by atoms with Crippen molar-refractivity contribution in [2.75, 3.05) is 26.2 Å². The average Bonchev–Trinajstić information content (AvgIpc) is 3.63. The summed E-state index contributed by atoms with van der Waals surface area (Å²) in [5, 5.41) is 4.71. The number of carbonyl (C=O) groups excluding carboxylic acids is 2. The van der Waals surface area contributed by atoms with Crippen LogP contribution in [0.4, 0.5) is 4.39 Å². The number of piperidine rings is 2. The summed E-state index contributed by atoms with van der Waals surface area (Å²) in [6.45, 7) is 2.62. The molecule has 6 rings (SSSR count). The minimum Gasteiger partial charge on any atom is -0.372 e. The first-order chi connectivity index (χ1) is 18.9. The average molecular weight is 552 g/mol. The largest absolute Gasteiger partial charge is 0.372 e. The van der Waals surface area contributed by atoms with Gasteiger partial charge in [0.2, 0.25) is 11.7 Å². The predicted octanol–water partition coefficient (Wildman–Crippen LogP) is 5.58. The van der Waals surface area contributed by atoms with E-state index in [9.17, 15) is 14.0 Å². The summed E-state index contributed by atoms with van der Waals surface area (Å²) in [6, 6.07) is 15.0. The molecule has 1 saturated carbocycles. The van der Waals surface area contributed by atoms with Crippen LogP contribution in [0, 0.1) is 17.2 Å². The number of nitrogens with zero attached hydrogens (tertiary/aromatic N) is 3. The van der Waals surface area contributed by atoms with Crippen LogP contribution in [-0.2, 0) is 16.1 Å². The molecule has 2 amide bonds. The van der Waals surface area contributed by atoms with Crippen LogP contribution in [-0.4, -0.2) is 59.1 Å². The Morgan fingerprint density at radius 3 is 2.67 bits per heavy atom. The van der Waals surface area contributed by atoms with Gasteiger partial charge >= 0.3 is 0 Å². The lowest BCUT2D eigenvalue weighted by Gasteiger charge is -2.49. The fourth-order valence-corrected chi connectivity index (χ4v) is 5.99. The van der Waals surface area contributed by atoms with Crippen molar-refractivity contribution in [3.63, 3.8) is 0 Å². The second-order valence-electron chi connectivity index (χ2n) is 11.1. The molecular weight excluding hydrogens is 521 g/mol. The van der Waals surface area contributed by atoms with Crippen molar-refractivity contribution in [1.82, 2.24) is 15.0 Å². The van der Waals surface area contributed by atoms with Gasteiger partial charge in [-0.15, -0.1) is 0 Å². The topological polar surface area (TPSA) is 75.9 Å². The van der Waals surface area contributed by atoms with E-state index in [1.165, 1.54) is 12.1 Å². The Balaban J connectivity index is 1.19. The summed E-state index contributed by atoms with van der Waals surface area (Å²) < 4.78 is 25.1.